The number of hydrogen-bond acceptors (Lipinski definition) is 2. The van der Waals surface area contributed by atoms with Crippen molar-refractivity contribution in [3.05, 3.63) is 11.6 Å². The molecule has 1 saturated carbocycles. The summed E-state index contributed by atoms with van der Waals surface area (Å²) in [6, 6.07) is 0. The van der Waals surface area contributed by atoms with Crippen LogP contribution >= 0.6 is 0 Å². The van der Waals surface area contributed by atoms with Crippen LogP contribution in [0.2, 0.25) is 0 Å². The highest BCUT2D eigenvalue weighted by atomic mass is 16.3. The summed E-state index contributed by atoms with van der Waals surface area (Å²) in [4.78, 5) is 0. The molecule has 1 fully saturated rings. The summed E-state index contributed by atoms with van der Waals surface area (Å²) >= 11 is 0. The maximum absolute atomic E-state index is 10.2. The fraction of sp³-hybridized carbons (Fsp3) is 0.867. The Morgan fingerprint density at radius 1 is 1.41 bits per heavy atom. The first kappa shape index (κ1) is 13.1. The molecule has 0 heterocycles. The first-order chi connectivity index (χ1) is 7.75. The van der Waals surface area contributed by atoms with E-state index in [9.17, 15) is 10.2 Å². The lowest BCUT2D eigenvalue weighted by molar-refractivity contribution is -0.0851. The van der Waals surface area contributed by atoms with E-state index in [1.54, 1.807) is 0 Å². The number of aliphatic hydroxyl groups is 2. The van der Waals surface area contributed by atoms with Crippen LogP contribution in [0.15, 0.2) is 11.6 Å². The molecule has 0 saturated heterocycles. The standard InChI is InChI=1S/C15H26O2/c1-10-6-5-7-11-8-13(16)12(14(2,3)17)9-15(10,11)4/h7,10,12-13,16-17H,5-6,8-9H2,1-4H3/t10-,12+,13+,15+/m1/s1. The van der Waals surface area contributed by atoms with Crippen molar-refractivity contribution in [1.29, 1.82) is 0 Å². The van der Waals surface area contributed by atoms with Gasteiger partial charge in [0.2, 0.25) is 0 Å². The summed E-state index contributed by atoms with van der Waals surface area (Å²) in [5.74, 6) is 0.644. The molecule has 17 heavy (non-hydrogen) atoms. The van der Waals surface area contributed by atoms with E-state index in [4.69, 9.17) is 0 Å². The second-order valence-electron chi connectivity index (χ2n) is 6.86. The van der Waals surface area contributed by atoms with Gasteiger partial charge in [-0.1, -0.05) is 25.5 Å². The Bertz CT molecular complexity index is 326. The molecular formula is C15H26O2. The van der Waals surface area contributed by atoms with E-state index in [0.717, 1.165) is 19.3 Å². The molecule has 98 valence electrons. The lowest BCUT2D eigenvalue weighted by Crippen LogP contribution is -2.49. The van der Waals surface area contributed by atoms with Gasteiger partial charge < -0.3 is 10.2 Å². The molecule has 0 aliphatic heterocycles. The summed E-state index contributed by atoms with van der Waals surface area (Å²) in [5, 5.41) is 20.5. The third kappa shape index (κ3) is 2.17. The van der Waals surface area contributed by atoms with Gasteiger partial charge in [-0.05, 0) is 50.9 Å². The van der Waals surface area contributed by atoms with Crippen LogP contribution in [0.3, 0.4) is 0 Å². The lowest BCUT2D eigenvalue weighted by atomic mass is 9.56. The van der Waals surface area contributed by atoms with Crippen LogP contribution in [0.25, 0.3) is 0 Å². The van der Waals surface area contributed by atoms with E-state index in [0.29, 0.717) is 5.92 Å². The van der Waals surface area contributed by atoms with Crippen LogP contribution in [-0.2, 0) is 0 Å². The SMILES string of the molecule is C[C@@H]1CCC=C2C[C@H](O)[C@@H](C(C)(C)O)C[C@]21C. The van der Waals surface area contributed by atoms with Gasteiger partial charge in [-0.2, -0.15) is 0 Å². The molecule has 0 aromatic heterocycles. The number of hydrogen-bond donors (Lipinski definition) is 2. The number of fused-ring (bicyclic) bond motifs is 1. The van der Waals surface area contributed by atoms with Gasteiger partial charge in [0.05, 0.1) is 11.7 Å². The largest absolute Gasteiger partial charge is 0.392 e. The van der Waals surface area contributed by atoms with Crippen LogP contribution < -0.4 is 0 Å². The first-order valence-corrected chi connectivity index (χ1v) is 6.85. The summed E-state index contributed by atoms with van der Waals surface area (Å²) in [6.45, 7) is 8.28. The summed E-state index contributed by atoms with van der Waals surface area (Å²) < 4.78 is 0. The summed E-state index contributed by atoms with van der Waals surface area (Å²) in [6.07, 6.45) is 5.96. The van der Waals surface area contributed by atoms with E-state index >= 15 is 0 Å². The molecule has 0 radical (unpaired) electrons. The molecule has 0 unspecified atom stereocenters. The average molecular weight is 238 g/mol. The van der Waals surface area contributed by atoms with E-state index in [1.165, 1.54) is 12.0 Å². The van der Waals surface area contributed by atoms with Crippen LogP contribution in [-0.4, -0.2) is 21.9 Å². The van der Waals surface area contributed by atoms with Gasteiger partial charge in [-0.25, -0.2) is 0 Å². The highest BCUT2D eigenvalue weighted by molar-refractivity contribution is 5.23. The Kier molecular flexibility index (Phi) is 3.16. The normalized spacial score (nSPS) is 42.9. The lowest BCUT2D eigenvalue weighted by Gasteiger charge is -2.51. The minimum absolute atomic E-state index is 0.00907. The fourth-order valence-corrected chi connectivity index (χ4v) is 3.71. The van der Waals surface area contributed by atoms with Crippen molar-refractivity contribution in [2.45, 2.75) is 65.1 Å². The molecule has 2 rings (SSSR count). The highest BCUT2D eigenvalue weighted by Crippen LogP contribution is 2.53. The van der Waals surface area contributed by atoms with Crippen molar-refractivity contribution in [3.63, 3.8) is 0 Å². The maximum atomic E-state index is 10.2. The Labute approximate surface area is 105 Å². The monoisotopic (exact) mass is 238 g/mol. The van der Waals surface area contributed by atoms with Gasteiger partial charge in [0.15, 0.2) is 0 Å². The third-order valence-electron chi connectivity index (χ3n) is 5.26. The van der Waals surface area contributed by atoms with E-state index in [1.807, 2.05) is 13.8 Å². The Morgan fingerprint density at radius 3 is 2.65 bits per heavy atom. The molecule has 2 aliphatic rings. The third-order valence-corrected chi connectivity index (χ3v) is 5.26. The molecule has 2 aliphatic carbocycles. The topological polar surface area (TPSA) is 40.5 Å². The fourth-order valence-electron chi connectivity index (χ4n) is 3.71. The molecule has 0 bridgehead atoms. The van der Waals surface area contributed by atoms with Crippen LogP contribution in [0.1, 0.15) is 53.4 Å². The van der Waals surface area contributed by atoms with E-state index in [-0.39, 0.29) is 17.4 Å². The van der Waals surface area contributed by atoms with Crippen molar-refractivity contribution in [2.24, 2.45) is 17.3 Å². The van der Waals surface area contributed by atoms with Crippen molar-refractivity contribution in [1.82, 2.24) is 0 Å². The number of allylic oxidation sites excluding steroid dienone is 1. The van der Waals surface area contributed by atoms with Crippen LogP contribution in [0, 0.1) is 17.3 Å². The van der Waals surface area contributed by atoms with Gasteiger partial charge in [0.25, 0.3) is 0 Å². The molecule has 0 aromatic rings. The van der Waals surface area contributed by atoms with Crippen molar-refractivity contribution in [2.75, 3.05) is 0 Å². The second-order valence-corrected chi connectivity index (χ2v) is 6.86. The van der Waals surface area contributed by atoms with Crippen LogP contribution in [0.5, 0.6) is 0 Å². The molecule has 4 atom stereocenters. The maximum Gasteiger partial charge on any atom is 0.0644 e. The minimum Gasteiger partial charge on any atom is -0.392 e. The minimum atomic E-state index is -0.787. The Balaban J connectivity index is 2.30. The average Bonchev–Trinajstić information content (AvgIpc) is 2.19. The molecule has 0 aromatic carbocycles. The molecule has 0 spiro atoms. The van der Waals surface area contributed by atoms with Gasteiger partial charge in [0, 0.05) is 5.92 Å². The quantitative estimate of drug-likeness (QED) is 0.690. The first-order valence-electron chi connectivity index (χ1n) is 6.85. The molecular weight excluding hydrogens is 212 g/mol. The molecule has 2 heteroatoms. The van der Waals surface area contributed by atoms with Crippen LogP contribution in [0.4, 0.5) is 0 Å². The smallest absolute Gasteiger partial charge is 0.0644 e. The van der Waals surface area contributed by atoms with Gasteiger partial charge in [0.1, 0.15) is 0 Å². The van der Waals surface area contributed by atoms with E-state index in [2.05, 4.69) is 19.9 Å². The number of aliphatic hydroxyl groups excluding tert-OH is 1. The zero-order valence-corrected chi connectivity index (χ0v) is 11.5. The van der Waals surface area contributed by atoms with Crippen molar-refractivity contribution < 1.29 is 10.2 Å². The van der Waals surface area contributed by atoms with Gasteiger partial charge in [-0.3, -0.25) is 0 Å². The molecule has 0 amide bonds. The molecule has 2 nitrogen and oxygen atoms in total. The predicted octanol–water partition coefficient (Wildman–Crippen LogP) is 2.89. The Morgan fingerprint density at radius 2 is 2.06 bits per heavy atom. The van der Waals surface area contributed by atoms with Gasteiger partial charge in [-0.15, -0.1) is 0 Å². The summed E-state index contributed by atoms with van der Waals surface area (Å²) in [5.41, 5.74) is 0.817. The summed E-state index contributed by atoms with van der Waals surface area (Å²) in [7, 11) is 0. The number of rotatable bonds is 1. The zero-order valence-electron chi connectivity index (χ0n) is 11.5. The second kappa shape index (κ2) is 4.10. The highest BCUT2D eigenvalue weighted by Gasteiger charge is 2.48. The zero-order chi connectivity index (χ0) is 12.8. The predicted molar refractivity (Wildman–Crippen MR) is 69.6 cm³/mol. The van der Waals surface area contributed by atoms with Crippen molar-refractivity contribution in [3.8, 4) is 0 Å². The van der Waals surface area contributed by atoms with E-state index < -0.39 is 5.60 Å². The molecule has 2 N–H and O–H groups in total. The van der Waals surface area contributed by atoms with Crippen molar-refractivity contribution >= 4 is 0 Å². The Hall–Kier alpha value is -0.340. The van der Waals surface area contributed by atoms with Gasteiger partial charge >= 0.3 is 0 Å².